The van der Waals surface area contributed by atoms with Crippen LogP contribution in [0.15, 0.2) is 30.3 Å². The highest BCUT2D eigenvalue weighted by atomic mass is 35.5. The molecule has 0 spiro atoms. The SMILES string of the molecule is CCCCCCCCCCC(O)CN(Cc1ccccc1)CC(O)O.Cl. The van der Waals surface area contributed by atoms with Gasteiger partial charge in [-0.3, -0.25) is 4.90 Å². The van der Waals surface area contributed by atoms with Crippen LogP contribution < -0.4 is 0 Å². The number of unbranched alkanes of at least 4 members (excludes halogenated alkanes) is 7. The third-order valence-electron chi connectivity index (χ3n) is 4.53. The second-order valence-corrected chi connectivity index (χ2v) is 7.08. The molecule has 1 aromatic rings. The first-order valence-corrected chi connectivity index (χ1v) is 9.92. The molecule has 0 saturated heterocycles. The summed E-state index contributed by atoms with van der Waals surface area (Å²) < 4.78 is 0. The van der Waals surface area contributed by atoms with E-state index in [1.807, 2.05) is 35.2 Å². The molecule has 0 aromatic heterocycles. The Hall–Kier alpha value is -0.650. The smallest absolute Gasteiger partial charge is 0.164 e. The number of halogens is 1. The Morgan fingerprint density at radius 1 is 0.808 bits per heavy atom. The lowest BCUT2D eigenvalue weighted by molar-refractivity contribution is -0.0681. The third kappa shape index (κ3) is 13.5. The van der Waals surface area contributed by atoms with Gasteiger partial charge in [-0.1, -0.05) is 88.6 Å². The summed E-state index contributed by atoms with van der Waals surface area (Å²) in [6.07, 6.45) is 9.05. The first kappa shape index (κ1) is 25.4. The number of rotatable bonds is 15. The van der Waals surface area contributed by atoms with Gasteiger partial charge >= 0.3 is 0 Å². The monoisotopic (exact) mass is 387 g/mol. The molecule has 0 saturated carbocycles. The molecule has 1 rings (SSSR count). The highest BCUT2D eigenvalue weighted by molar-refractivity contribution is 5.85. The van der Waals surface area contributed by atoms with Crippen molar-refractivity contribution in [1.82, 2.24) is 4.90 Å². The van der Waals surface area contributed by atoms with Gasteiger partial charge in [-0.2, -0.15) is 0 Å². The average Bonchev–Trinajstić information content (AvgIpc) is 2.57. The Morgan fingerprint density at radius 2 is 1.38 bits per heavy atom. The Bertz CT molecular complexity index is 417. The van der Waals surface area contributed by atoms with E-state index in [9.17, 15) is 15.3 Å². The fourth-order valence-corrected chi connectivity index (χ4v) is 3.18. The van der Waals surface area contributed by atoms with Crippen molar-refractivity contribution in [2.75, 3.05) is 13.1 Å². The van der Waals surface area contributed by atoms with Crippen LogP contribution in [0.3, 0.4) is 0 Å². The molecular formula is C21H38ClNO3. The summed E-state index contributed by atoms with van der Waals surface area (Å²) in [4.78, 5) is 1.91. The van der Waals surface area contributed by atoms with E-state index in [4.69, 9.17) is 0 Å². The van der Waals surface area contributed by atoms with Crippen LogP contribution in [0.5, 0.6) is 0 Å². The maximum Gasteiger partial charge on any atom is 0.164 e. The molecule has 1 atom stereocenters. The Labute approximate surface area is 165 Å². The Morgan fingerprint density at radius 3 is 1.96 bits per heavy atom. The van der Waals surface area contributed by atoms with Crippen molar-refractivity contribution in [2.24, 2.45) is 0 Å². The zero-order chi connectivity index (χ0) is 18.3. The standard InChI is InChI=1S/C21H37NO3.ClH/c1-2-3-4-5-6-7-8-12-15-20(23)17-22(18-21(24)25)16-19-13-10-9-11-14-19;/h9-11,13-14,20-21,23-25H,2-8,12,15-18H2,1H3;1H. The largest absolute Gasteiger partial charge is 0.392 e. The topological polar surface area (TPSA) is 63.9 Å². The first-order valence-electron chi connectivity index (χ1n) is 9.92. The van der Waals surface area contributed by atoms with Gasteiger partial charge in [0.25, 0.3) is 0 Å². The van der Waals surface area contributed by atoms with Crippen LogP contribution >= 0.6 is 12.4 Å². The van der Waals surface area contributed by atoms with E-state index in [2.05, 4.69) is 6.92 Å². The maximum absolute atomic E-state index is 10.3. The van der Waals surface area contributed by atoms with E-state index >= 15 is 0 Å². The highest BCUT2D eigenvalue weighted by Crippen LogP contribution is 2.12. The zero-order valence-corrected chi connectivity index (χ0v) is 17.0. The number of hydrogen-bond donors (Lipinski definition) is 3. The summed E-state index contributed by atoms with van der Waals surface area (Å²) in [5.74, 6) is 0. The molecule has 0 bridgehead atoms. The van der Waals surface area contributed by atoms with Crippen molar-refractivity contribution >= 4 is 12.4 Å². The van der Waals surface area contributed by atoms with Crippen LogP contribution in [0, 0.1) is 0 Å². The van der Waals surface area contributed by atoms with Gasteiger partial charge < -0.3 is 15.3 Å². The normalized spacial score (nSPS) is 12.4. The number of benzene rings is 1. The third-order valence-corrected chi connectivity index (χ3v) is 4.53. The number of nitrogens with zero attached hydrogens (tertiary/aromatic N) is 1. The minimum Gasteiger partial charge on any atom is -0.392 e. The fourth-order valence-electron chi connectivity index (χ4n) is 3.18. The predicted molar refractivity (Wildman–Crippen MR) is 110 cm³/mol. The van der Waals surface area contributed by atoms with Crippen molar-refractivity contribution in [1.29, 1.82) is 0 Å². The lowest BCUT2D eigenvalue weighted by atomic mass is 10.1. The van der Waals surface area contributed by atoms with Crippen molar-refractivity contribution < 1.29 is 15.3 Å². The van der Waals surface area contributed by atoms with Gasteiger partial charge in [-0.05, 0) is 12.0 Å². The predicted octanol–water partition coefficient (Wildman–Crippen LogP) is 4.11. The number of hydrogen-bond acceptors (Lipinski definition) is 4. The summed E-state index contributed by atoms with van der Waals surface area (Å²) in [5, 5.41) is 28.8. The molecule has 4 nitrogen and oxygen atoms in total. The molecule has 5 heteroatoms. The van der Waals surface area contributed by atoms with Crippen LogP contribution in [-0.2, 0) is 6.54 Å². The van der Waals surface area contributed by atoms with E-state index < -0.39 is 12.4 Å². The van der Waals surface area contributed by atoms with Crippen LogP contribution in [0.1, 0.15) is 70.3 Å². The van der Waals surface area contributed by atoms with Gasteiger partial charge in [0.15, 0.2) is 6.29 Å². The lowest BCUT2D eigenvalue weighted by Gasteiger charge is -2.26. The molecular weight excluding hydrogens is 350 g/mol. The van der Waals surface area contributed by atoms with Gasteiger partial charge in [0.05, 0.1) is 6.10 Å². The van der Waals surface area contributed by atoms with Gasteiger partial charge in [0.2, 0.25) is 0 Å². The number of aliphatic hydroxyl groups is 3. The summed E-state index contributed by atoms with van der Waals surface area (Å²) >= 11 is 0. The molecule has 0 amide bonds. The zero-order valence-electron chi connectivity index (χ0n) is 16.2. The average molecular weight is 388 g/mol. The van der Waals surface area contributed by atoms with E-state index in [1.165, 1.54) is 44.9 Å². The van der Waals surface area contributed by atoms with Gasteiger partial charge in [0, 0.05) is 19.6 Å². The van der Waals surface area contributed by atoms with Gasteiger partial charge in [-0.15, -0.1) is 12.4 Å². The van der Waals surface area contributed by atoms with Gasteiger partial charge in [0.1, 0.15) is 0 Å². The molecule has 0 aliphatic carbocycles. The Balaban J connectivity index is 0.00000625. The fraction of sp³-hybridized carbons (Fsp3) is 0.714. The molecule has 0 aliphatic rings. The van der Waals surface area contributed by atoms with Crippen LogP contribution in [0.2, 0.25) is 0 Å². The summed E-state index contributed by atoms with van der Waals surface area (Å²) in [6, 6.07) is 9.94. The molecule has 1 unspecified atom stereocenters. The van der Waals surface area contributed by atoms with Crippen molar-refractivity contribution in [3.05, 3.63) is 35.9 Å². The van der Waals surface area contributed by atoms with Crippen molar-refractivity contribution in [2.45, 2.75) is 83.6 Å². The molecule has 152 valence electrons. The molecule has 26 heavy (non-hydrogen) atoms. The maximum atomic E-state index is 10.3. The summed E-state index contributed by atoms with van der Waals surface area (Å²) in [7, 11) is 0. The summed E-state index contributed by atoms with van der Waals surface area (Å²) in [6.45, 7) is 3.48. The second-order valence-electron chi connectivity index (χ2n) is 7.08. The van der Waals surface area contributed by atoms with Crippen LogP contribution in [0.4, 0.5) is 0 Å². The Kier molecular flexibility index (Phi) is 16.1. The van der Waals surface area contributed by atoms with E-state index in [0.29, 0.717) is 13.1 Å². The molecule has 0 fully saturated rings. The minimum absolute atomic E-state index is 0. The lowest BCUT2D eigenvalue weighted by Crippen LogP contribution is -2.37. The molecule has 1 aromatic carbocycles. The van der Waals surface area contributed by atoms with Crippen molar-refractivity contribution in [3.63, 3.8) is 0 Å². The first-order chi connectivity index (χ1) is 12.1. The molecule has 0 radical (unpaired) electrons. The highest BCUT2D eigenvalue weighted by Gasteiger charge is 2.14. The van der Waals surface area contributed by atoms with Crippen LogP contribution in [0.25, 0.3) is 0 Å². The molecule has 0 heterocycles. The van der Waals surface area contributed by atoms with E-state index in [1.54, 1.807) is 0 Å². The van der Waals surface area contributed by atoms with Crippen molar-refractivity contribution in [3.8, 4) is 0 Å². The quantitative estimate of drug-likeness (QED) is 0.313. The van der Waals surface area contributed by atoms with E-state index in [0.717, 1.165) is 18.4 Å². The number of aliphatic hydroxyl groups excluding tert-OH is 2. The molecule has 0 aliphatic heterocycles. The van der Waals surface area contributed by atoms with Gasteiger partial charge in [-0.25, -0.2) is 0 Å². The molecule has 3 N–H and O–H groups in total. The summed E-state index contributed by atoms with van der Waals surface area (Å²) in [5.41, 5.74) is 1.11. The minimum atomic E-state index is -1.38. The van der Waals surface area contributed by atoms with E-state index in [-0.39, 0.29) is 19.0 Å². The second kappa shape index (κ2) is 16.5. The van der Waals surface area contributed by atoms with Crippen LogP contribution in [-0.4, -0.2) is 45.7 Å².